The number of rotatable bonds is 3. The molecule has 0 aliphatic carbocycles. The maximum atomic E-state index is 12.8. The van der Waals surface area contributed by atoms with E-state index in [2.05, 4.69) is 15.2 Å². The van der Waals surface area contributed by atoms with E-state index in [1.54, 1.807) is 0 Å². The Morgan fingerprint density at radius 3 is 2.79 bits per heavy atom. The minimum Gasteiger partial charge on any atom is -0.381 e. The first-order valence-corrected chi connectivity index (χ1v) is 9.26. The molecule has 2 fully saturated rings. The number of aromatic nitrogens is 4. The summed E-state index contributed by atoms with van der Waals surface area (Å²) in [4.78, 5) is 19.3. The minimum absolute atomic E-state index is 0.0825. The third kappa shape index (κ3) is 2.77. The molecule has 0 N–H and O–H groups in total. The van der Waals surface area contributed by atoms with Crippen molar-refractivity contribution in [3.8, 4) is 0 Å². The molecule has 4 rings (SSSR count). The van der Waals surface area contributed by atoms with Crippen molar-refractivity contribution >= 4 is 23.3 Å². The molecule has 2 aliphatic heterocycles. The van der Waals surface area contributed by atoms with Gasteiger partial charge in [-0.2, -0.15) is 0 Å². The number of hydrogen-bond donors (Lipinski definition) is 0. The molecule has 2 aromatic heterocycles. The lowest BCUT2D eigenvalue weighted by molar-refractivity contribution is -0.130. The Kier molecular flexibility index (Phi) is 4.17. The van der Waals surface area contributed by atoms with Crippen LogP contribution in [-0.4, -0.2) is 61.4 Å². The van der Waals surface area contributed by atoms with Crippen LogP contribution in [0, 0.1) is 13.8 Å². The maximum Gasteiger partial charge on any atom is 0.236 e. The molecule has 128 valence electrons. The summed E-state index contributed by atoms with van der Waals surface area (Å²) in [7, 11) is 0. The zero-order valence-electron chi connectivity index (χ0n) is 13.9. The molecular weight excluding hydrogens is 326 g/mol. The third-order valence-corrected chi connectivity index (χ3v) is 5.93. The summed E-state index contributed by atoms with van der Waals surface area (Å²) in [6.07, 6.45) is 2.74. The van der Waals surface area contributed by atoms with Gasteiger partial charge in [0.2, 0.25) is 5.91 Å². The van der Waals surface area contributed by atoms with Crippen molar-refractivity contribution in [1.29, 1.82) is 0 Å². The van der Waals surface area contributed by atoms with Gasteiger partial charge >= 0.3 is 0 Å². The molecule has 0 aromatic carbocycles. The van der Waals surface area contributed by atoms with Gasteiger partial charge in [-0.3, -0.25) is 9.20 Å². The highest BCUT2D eigenvalue weighted by molar-refractivity contribution is 8.00. The van der Waals surface area contributed by atoms with Crippen LogP contribution >= 0.6 is 11.8 Å². The minimum atomic E-state index is -0.0825. The van der Waals surface area contributed by atoms with E-state index in [0.29, 0.717) is 6.04 Å². The van der Waals surface area contributed by atoms with Gasteiger partial charge in [-0.05, 0) is 33.1 Å². The van der Waals surface area contributed by atoms with Gasteiger partial charge in [0.15, 0.2) is 10.8 Å². The lowest BCUT2D eigenvalue weighted by Gasteiger charge is -2.31. The summed E-state index contributed by atoms with van der Waals surface area (Å²) in [6.45, 7) is 6.23. The van der Waals surface area contributed by atoms with E-state index in [0.717, 1.165) is 61.3 Å². The van der Waals surface area contributed by atoms with Crippen LogP contribution in [0.5, 0.6) is 0 Å². The van der Waals surface area contributed by atoms with Crippen LogP contribution in [0.4, 0.5) is 0 Å². The second-order valence-corrected chi connectivity index (χ2v) is 7.56. The molecule has 4 heterocycles. The lowest BCUT2D eigenvalue weighted by Crippen LogP contribution is -2.41. The Bertz CT molecular complexity index is 771. The van der Waals surface area contributed by atoms with Crippen molar-refractivity contribution in [2.45, 2.75) is 49.6 Å². The van der Waals surface area contributed by atoms with Crippen molar-refractivity contribution in [2.24, 2.45) is 0 Å². The summed E-state index contributed by atoms with van der Waals surface area (Å²) in [5.41, 5.74) is 1.71. The molecular formula is C16H21N5O2S. The standard InChI is InChI=1S/C16H21N5O2S/c1-10-9-14-18-19-16(21(14)11(2)17-10)24-13-3-6-20(15(13)22)12-4-7-23-8-5-12/h9,12-13H,3-8H2,1-2H3/t13-/m0/s1. The molecule has 0 radical (unpaired) electrons. The number of fused-ring (bicyclic) bond motifs is 1. The first-order chi connectivity index (χ1) is 11.6. The van der Waals surface area contributed by atoms with Crippen molar-refractivity contribution < 1.29 is 9.53 Å². The van der Waals surface area contributed by atoms with Gasteiger partial charge in [-0.25, -0.2) is 4.98 Å². The van der Waals surface area contributed by atoms with Crippen molar-refractivity contribution in [3.63, 3.8) is 0 Å². The summed E-state index contributed by atoms with van der Waals surface area (Å²) < 4.78 is 7.34. The highest BCUT2D eigenvalue weighted by Gasteiger charge is 2.37. The van der Waals surface area contributed by atoms with Gasteiger partial charge in [0, 0.05) is 37.6 Å². The van der Waals surface area contributed by atoms with Crippen molar-refractivity contribution in [3.05, 3.63) is 17.6 Å². The van der Waals surface area contributed by atoms with Crippen molar-refractivity contribution in [2.75, 3.05) is 19.8 Å². The summed E-state index contributed by atoms with van der Waals surface area (Å²) in [6, 6.07) is 2.24. The number of hydrogen-bond acceptors (Lipinski definition) is 6. The van der Waals surface area contributed by atoms with Crippen LogP contribution in [0.15, 0.2) is 11.2 Å². The fraction of sp³-hybridized carbons (Fsp3) is 0.625. The normalized spacial score (nSPS) is 22.7. The maximum absolute atomic E-state index is 12.8. The molecule has 1 atom stereocenters. The third-order valence-electron chi connectivity index (χ3n) is 4.73. The van der Waals surface area contributed by atoms with E-state index >= 15 is 0 Å². The van der Waals surface area contributed by atoms with Gasteiger partial charge in [-0.1, -0.05) is 11.8 Å². The Labute approximate surface area is 144 Å². The number of carbonyl (C=O) groups is 1. The number of amides is 1. The fourth-order valence-electron chi connectivity index (χ4n) is 3.55. The molecule has 2 aromatic rings. The van der Waals surface area contributed by atoms with Gasteiger partial charge in [0.25, 0.3) is 0 Å². The fourth-order valence-corrected chi connectivity index (χ4v) is 4.68. The van der Waals surface area contributed by atoms with Gasteiger partial charge in [-0.15, -0.1) is 10.2 Å². The molecule has 2 aliphatic rings. The monoisotopic (exact) mass is 347 g/mol. The van der Waals surface area contributed by atoms with Crippen LogP contribution < -0.4 is 0 Å². The van der Waals surface area contributed by atoms with Gasteiger partial charge in [0.05, 0.1) is 5.25 Å². The Hall–Kier alpha value is -1.67. The molecule has 0 unspecified atom stereocenters. The molecule has 8 heteroatoms. The zero-order chi connectivity index (χ0) is 16.7. The SMILES string of the molecule is Cc1cc2nnc(S[C@H]3CCN(C4CCOCC4)C3=O)n2c(C)n1. The van der Waals surface area contributed by atoms with E-state index < -0.39 is 0 Å². The van der Waals surface area contributed by atoms with Crippen LogP contribution in [-0.2, 0) is 9.53 Å². The van der Waals surface area contributed by atoms with Gasteiger partial charge in [0.1, 0.15) is 5.82 Å². The summed E-state index contributed by atoms with van der Waals surface area (Å²) in [5, 5.41) is 9.17. The van der Waals surface area contributed by atoms with E-state index in [4.69, 9.17) is 4.74 Å². The molecule has 0 saturated carbocycles. The van der Waals surface area contributed by atoms with Crippen LogP contribution in [0.1, 0.15) is 30.8 Å². The van der Waals surface area contributed by atoms with E-state index in [1.165, 1.54) is 11.8 Å². The summed E-state index contributed by atoms with van der Waals surface area (Å²) >= 11 is 1.51. The Morgan fingerprint density at radius 2 is 2.00 bits per heavy atom. The second kappa shape index (κ2) is 6.33. The van der Waals surface area contributed by atoms with E-state index in [9.17, 15) is 4.79 Å². The van der Waals surface area contributed by atoms with Crippen molar-refractivity contribution in [1.82, 2.24) is 24.5 Å². The predicted octanol–water partition coefficient (Wildman–Crippen LogP) is 1.61. The highest BCUT2D eigenvalue weighted by Crippen LogP contribution is 2.32. The Morgan fingerprint density at radius 1 is 1.21 bits per heavy atom. The molecule has 24 heavy (non-hydrogen) atoms. The average Bonchev–Trinajstić information content (AvgIpc) is 3.13. The van der Waals surface area contributed by atoms with Crippen LogP contribution in [0.2, 0.25) is 0 Å². The average molecular weight is 347 g/mol. The van der Waals surface area contributed by atoms with Gasteiger partial charge < -0.3 is 9.64 Å². The molecule has 0 spiro atoms. The lowest BCUT2D eigenvalue weighted by atomic mass is 10.1. The number of nitrogens with zero attached hydrogens (tertiary/aromatic N) is 5. The number of carbonyl (C=O) groups excluding carboxylic acids is 1. The van der Waals surface area contributed by atoms with E-state index in [-0.39, 0.29) is 11.2 Å². The predicted molar refractivity (Wildman–Crippen MR) is 90.1 cm³/mol. The highest BCUT2D eigenvalue weighted by atomic mass is 32.2. The molecule has 7 nitrogen and oxygen atoms in total. The van der Waals surface area contributed by atoms with Crippen LogP contribution in [0.3, 0.4) is 0 Å². The number of aryl methyl sites for hydroxylation is 2. The first kappa shape index (κ1) is 15.8. The number of ether oxygens (including phenoxy) is 1. The smallest absolute Gasteiger partial charge is 0.236 e. The van der Waals surface area contributed by atoms with Crippen LogP contribution in [0.25, 0.3) is 5.65 Å². The first-order valence-electron chi connectivity index (χ1n) is 8.38. The molecule has 0 bridgehead atoms. The summed E-state index contributed by atoms with van der Waals surface area (Å²) in [5.74, 6) is 1.07. The number of likely N-dealkylation sites (tertiary alicyclic amines) is 1. The number of thioether (sulfide) groups is 1. The quantitative estimate of drug-likeness (QED) is 0.840. The topological polar surface area (TPSA) is 72.6 Å². The second-order valence-electron chi connectivity index (χ2n) is 6.39. The largest absolute Gasteiger partial charge is 0.381 e. The zero-order valence-corrected chi connectivity index (χ0v) is 14.8. The Balaban J connectivity index is 1.53. The molecule has 2 saturated heterocycles. The molecule has 1 amide bonds. The van der Waals surface area contributed by atoms with E-state index in [1.807, 2.05) is 29.2 Å².